The Morgan fingerprint density at radius 3 is 2.41 bits per heavy atom. The second kappa shape index (κ2) is 7.22. The van der Waals surface area contributed by atoms with Gasteiger partial charge in [-0.1, -0.05) is 17.3 Å². The van der Waals surface area contributed by atoms with E-state index in [-0.39, 0.29) is 17.6 Å². The minimum Gasteiger partial charge on any atom is -0.459 e. The Hall–Kier alpha value is -3.16. The topological polar surface area (TPSA) is 75.4 Å². The molecule has 0 spiro atoms. The highest BCUT2D eigenvalue weighted by molar-refractivity contribution is 6.04. The van der Waals surface area contributed by atoms with Crippen molar-refractivity contribution in [3.8, 4) is 0 Å². The van der Waals surface area contributed by atoms with Crippen molar-refractivity contribution in [2.75, 3.05) is 26.2 Å². The van der Waals surface area contributed by atoms with Crippen molar-refractivity contribution in [3.63, 3.8) is 0 Å². The van der Waals surface area contributed by atoms with Crippen LogP contribution in [-0.4, -0.2) is 59.6 Å². The summed E-state index contributed by atoms with van der Waals surface area (Å²) in [6.07, 6.45) is 1.12. The molecule has 8 heteroatoms. The molecule has 1 atom stereocenters. The van der Waals surface area contributed by atoms with Crippen molar-refractivity contribution < 1.29 is 23.2 Å². The number of carbonyl (C=O) groups is 2. The predicted octanol–water partition coefficient (Wildman–Crippen LogP) is 1.90. The first kappa shape index (κ1) is 17.3. The third kappa shape index (κ3) is 3.55. The maximum atomic E-state index is 13.0. The smallest absolute Gasteiger partial charge is 0.289 e. The minimum atomic E-state index is -0.683. The molecular weight excluding hydrogens is 353 g/mol. The number of amides is 2. The van der Waals surface area contributed by atoms with E-state index in [1.165, 1.54) is 18.4 Å². The Balaban J connectivity index is 1.31. The molecule has 0 aliphatic carbocycles. The first-order valence-corrected chi connectivity index (χ1v) is 8.72. The third-order valence-corrected chi connectivity index (χ3v) is 4.73. The van der Waals surface area contributed by atoms with E-state index in [9.17, 15) is 14.0 Å². The highest BCUT2D eigenvalue weighted by Gasteiger charge is 2.34. The number of rotatable bonds is 3. The fraction of sp³-hybridized carbons (Fsp3) is 0.316. The van der Waals surface area contributed by atoms with E-state index in [0.717, 1.165) is 5.56 Å². The van der Waals surface area contributed by atoms with E-state index in [1.807, 2.05) is 0 Å². The molecule has 1 aromatic heterocycles. The predicted molar refractivity (Wildman–Crippen MR) is 93.6 cm³/mol. The van der Waals surface area contributed by atoms with E-state index in [1.54, 1.807) is 34.1 Å². The number of halogens is 1. The van der Waals surface area contributed by atoms with Crippen LogP contribution in [0.3, 0.4) is 0 Å². The molecule has 2 aliphatic heterocycles. The molecule has 1 aromatic carbocycles. The van der Waals surface area contributed by atoms with E-state index >= 15 is 0 Å². The van der Waals surface area contributed by atoms with Crippen molar-refractivity contribution in [3.05, 3.63) is 59.8 Å². The number of furan rings is 1. The van der Waals surface area contributed by atoms with Crippen LogP contribution in [0.25, 0.3) is 0 Å². The quantitative estimate of drug-likeness (QED) is 0.826. The Morgan fingerprint density at radius 2 is 1.74 bits per heavy atom. The lowest BCUT2D eigenvalue weighted by Gasteiger charge is -2.35. The maximum absolute atomic E-state index is 13.0. The van der Waals surface area contributed by atoms with Crippen molar-refractivity contribution in [2.24, 2.45) is 5.16 Å². The number of benzene rings is 1. The van der Waals surface area contributed by atoms with Gasteiger partial charge < -0.3 is 19.1 Å². The van der Waals surface area contributed by atoms with E-state index in [2.05, 4.69) is 5.16 Å². The van der Waals surface area contributed by atoms with Crippen molar-refractivity contribution in [1.29, 1.82) is 0 Å². The standard InChI is InChI=1S/C19H18FN3O4/c20-14-5-3-13(4-6-14)15-12-17(27-21-15)19(25)23-9-7-22(8-10-23)18(24)16-2-1-11-26-16/h1-6,11,17H,7-10,12H2/t17-/m1/s1. The average molecular weight is 371 g/mol. The normalized spacial score (nSPS) is 19.6. The van der Waals surface area contributed by atoms with Gasteiger partial charge in [-0.25, -0.2) is 4.39 Å². The van der Waals surface area contributed by atoms with Gasteiger partial charge >= 0.3 is 0 Å². The number of hydrogen-bond acceptors (Lipinski definition) is 5. The molecular formula is C19H18FN3O4. The number of piperazine rings is 1. The first-order chi connectivity index (χ1) is 13.1. The molecule has 2 aliphatic rings. The second-order valence-corrected chi connectivity index (χ2v) is 6.44. The molecule has 0 saturated carbocycles. The van der Waals surface area contributed by atoms with E-state index < -0.39 is 6.10 Å². The van der Waals surface area contributed by atoms with Crippen LogP contribution in [0.5, 0.6) is 0 Å². The Morgan fingerprint density at radius 1 is 1.04 bits per heavy atom. The Kier molecular flexibility index (Phi) is 4.62. The summed E-state index contributed by atoms with van der Waals surface area (Å²) in [6.45, 7) is 1.72. The first-order valence-electron chi connectivity index (χ1n) is 8.72. The van der Waals surface area contributed by atoms with Gasteiger partial charge in [0.1, 0.15) is 5.82 Å². The average Bonchev–Trinajstić information content (AvgIpc) is 3.40. The van der Waals surface area contributed by atoms with Crippen molar-refractivity contribution >= 4 is 17.5 Å². The maximum Gasteiger partial charge on any atom is 0.289 e. The van der Waals surface area contributed by atoms with Gasteiger partial charge in [0.2, 0.25) is 6.10 Å². The molecule has 27 heavy (non-hydrogen) atoms. The fourth-order valence-electron chi connectivity index (χ4n) is 3.21. The lowest BCUT2D eigenvalue weighted by Crippen LogP contribution is -2.52. The summed E-state index contributed by atoms with van der Waals surface area (Å²) < 4.78 is 18.2. The summed E-state index contributed by atoms with van der Waals surface area (Å²) in [7, 11) is 0. The Bertz CT molecular complexity index is 856. The van der Waals surface area contributed by atoms with Crippen LogP contribution < -0.4 is 0 Å². The van der Waals surface area contributed by atoms with Crippen molar-refractivity contribution in [2.45, 2.75) is 12.5 Å². The van der Waals surface area contributed by atoms with Gasteiger partial charge in [0, 0.05) is 32.6 Å². The molecule has 1 fully saturated rings. The summed E-state index contributed by atoms with van der Waals surface area (Å²) in [5.74, 6) is -0.355. The molecule has 140 valence electrons. The van der Waals surface area contributed by atoms with Gasteiger partial charge in [0.25, 0.3) is 11.8 Å². The van der Waals surface area contributed by atoms with E-state index in [4.69, 9.17) is 9.25 Å². The summed E-state index contributed by atoms with van der Waals surface area (Å²) in [5.41, 5.74) is 1.36. The van der Waals surface area contributed by atoms with Gasteiger partial charge in [-0.15, -0.1) is 0 Å². The van der Waals surface area contributed by atoms with Gasteiger partial charge in [0.15, 0.2) is 5.76 Å². The molecule has 7 nitrogen and oxygen atoms in total. The van der Waals surface area contributed by atoms with Gasteiger partial charge in [-0.2, -0.15) is 0 Å². The number of oxime groups is 1. The van der Waals surface area contributed by atoms with Crippen molar-refractivity contribution in [1.82, 2.24) is 9.80 Å². The summed E-state index contributed by atoms with van der Waals surface area (Å²) in [6, 6.07) is 9.22. The van der Waals surface area contributed by atoms with Crippen LogP contribution in [0.1, 0.15) is 22.5 Å². The second-order valence-electron chi connectivity index (χ2n) is 6.44. The highest BCUT2D eigenvalue weighted by atomic mass is 19.1. The zero-order valence-corrected chi connectivity index (χ0v) is 14.5. The number of hydrogen-bond donors (Lipinski definition) is 0. The molecule has 4 rings (SSSR count). The lowest BCUT2D eigenvalue weighted by molar-refractivity contribution is -0.143. The van der Waals surface area contributed by atoms with Crippen LogP contribution in [0.2, 0.25) is 0 Å². The third-order valence-electron chi connectivity index (χ3n) is 4.73. The summed E-state index contributed by atoms with van der Waals surface area (Å²) >= 11 is 0. The Labute approximate surface area is 155 Å². The molecule has 0 radical (unpaired) electrons. The zero-order chi connectivity index (χ0) is 18.8. The lowest BCUT2D eigenvalue weighted by atomic mass is 10.0. The van der Waals surface area contributed by atoms with Crippen LogP contribution in [0.15, 0.2) is 52.2 Å². The van der Waals surface area contributed by atoms with Gasteiger partial charge in [0.05, 0.1) is 12.0 Å². The summed E-state index contributed by atoms with van der Waals surface area (Å²) in [4.78, 5) is 33.6. The molecule has 3 heterocycles. The molecule has 0 bridgehead atoms. The number of nitrogens with zero attached hydrogens (tertiary/aromatic N) is 3. The minimum absolute atomic E-state index is 0.152. The highest BCUT2D eigenvalue weighted by Crippen LogP contribution is 2.20. The molecule has 0 N–H and O–H groups in total. The zero-order valence-electron chi connectivity index (χ0n) is 14.5. The molecule has 2 amide bonds. The number of carbonyl (C=O) groups excluding carboxylic acids is 2. The van der Waals surface area contributed by atoms with Crippen LogP contribution in [0.4, 0.5) is 4.39 Å². The van der Waals surface area contributed by atoms with Crippen LogP contribution in [0, 0.1) is 5.82 Å². The molecule has 1 saturated heterocycles. The monoisotopic (exact) mass is 371 g/mol. The largest absolute Gasteiger partial charge is 0.459 e. The van der Waals surface area contributed by atoms with E-state index in [0.29, 0.717) is 44.1 Å². The van der Waals surface area contributed by atoms with Crippen LogP contribution >= 0.6 is 0 Å². The van der Waals surface area contributed by atoms with Gasteiger partial charge in [-0.3, -0.25) is 9.59 Å². The molecule has 0 unspecified atom stereocenters. The molecule has 2 aromatic rings. The summed E-state index contributed by atoms with van der Waals surface area (Å²) in [5, 5.41) is 3.98. The van der Waals surface area contributed by atoms with Gasteiger partial charge in [-0.05, 0) is 29.8 Å². The fourth-order valence-corrected chi connectivity index (χ4v) is 3.21. The van der Waals surface area contributed by atoms with Crippen LogP contribution in [-0.2, 0) is 9.63 Å². The SMILES string of the molecule is O=C(c1ccco1)N1CCN(C(=O)[C@H]2CC(c3ccc(F)cc3)=NO2)CC1.